The van der Waals surface area contributed by atoms with E-state index in [1.807, 2.05) is 32.0 Å². The molecule has 0 fully saturated rings. The molecule has 4 heteroatoms. The molecule has 1 aliphatic carbocycles. The standard InChI is InChI=1S/C15H21NO3/c1-15(2,14(17)18-3)9-19-11-5-6-12-10(8-11)4-7-13(12)16/h5-6,8,13H,4,7,9,16H2,1-3H3/t13-/m1/s1. The topological polar surface area (TPSA) is 61.5 Å². The van der Waals surface area contributed by atoms with E-state index in [1.165, 1.54) is 18.2 Å². The van der Waals surface area contributed by atoms with Gasteiger partial charge in [-0.05, 0) is 49.9 Å². The second-order valence-corrected chi connectivity index (χ2v) is 5.67. The van der Waals surface area contributed by atoms with Crippen molar-refractivity contribution >= 4 is 5.97 Å². The molecule has 1 atom stereocenters. The highest BCUT2D eigenvalue weighted by Gasteiger charge is 2.30. The molecule has 1 aromatic carbocycles. The van der Waals surface area contributed by atoms with E-state index in [2.05, 4.69) is 0 Å². The largest absolute Gasteiger partial charge is 0.492 e. The second-order valence-electron chi connectivity index (χ2n) is 5.67. The fraction of sp³-hybridized carbons (Fsp3) is 0.533. The summed E-state index contributed by atoms with van der Waals surface area (Å²) in [6.45, 7) is 3.91. The zero-order valence-electron chi connectivity index (χ0n) is 11.7. The van der Waals surface area contributed by atoms with E-state index in [9.17, 15) is 4.79 Å². The van der Waals surface area contributed by atoms with Crippen molar-refractivity contribution in [3.63, 3.8) is 0 Å². The van der Waals surface area contributed by atoms with Gasteiger partial charge in [0.05, 0.1) is 12.5 Å². The van der Waals surface area contributed by atoms with Crippen molar-refractivity contribution in [2.75, 3.05) is 13.7 Å². The van der Waals surface area contributed by atoms with E-state index in [0.717, 1.165) is 18.6 Å². The van der Waals surface area contributed by atoms with Gasteiger partial charge in [0.1, 0.15) is 12.4 Å². The normalized spacial score (nSPS) is 18.0. The molecule has 2 rings (SSSR count). The molecule has 0 unspecified atom stereocenters. The van der Waals surface area contributed by atoms with Gasteiger partial charge >= 0.3 is 5.97 Å². The lowest BCUT2D eigenvalue weighted by molar-refractivity contribution is -0.152. The number of fused-ring (bicyclic) bond motifs is 1. The van der Waals surface area contributed by atoms with Gasteiger partial charge in [-0.15, -0.1) is 0 Å². The predicted octanol–water partition coefficient (Wildman–Crippen LogP) is 2.21. The molecule has 2 N–H and O–H groups in total. The summed E-state index contributed by atoms with van der Waals surface area (Å²) in [7, 11) is 1.39. The molecule has 0 heterocycles. The highest BCUT2D eigenvalue weighted by Crippen LogP contribution is 2.32. The molecule has 0 radical (unpaired) electrons. The van der Waals surface area contributed by atoms with Crippen molar-refractivity contribution in [2.45, 2.75) is 32.7 Å². The van der Waals surface area contributed by atoms with Crippen molar-refractivity contribution in [3.05, 3.63) is 29.3 Å². The molecule has 0 aliphatic heterocycles. The van der Waals surface area contributed by atoms with E-state index in [-0.39, 0.29) is 12.0 Å². The van der Waals surface area contributed by atoms with Crippen LogP contribution in [0.25, 0.3) is 0 Å². The summed E-state index contributed by atoms with van der Waals surface area (Å²) in [5.74, 6) is 0.514. The summed E-state index contributed by atoms with van der Waals surface area (Å²) < 4.78 is 10.5. The van der Waals surface area contributed by atoms with Crippen LogP contribution in [0.3, 0.4) is 0 Å². The van der Waals surface area contributed by atoms with Gasteiger partial charge in [0, 0.05) is 6.04 Å². The van der Waals surface area contributed by atoms with Crippen LogP contribution in [-0.2, 0) is 16.0 Å². The van der Waals surface area contributed by atoms with Crippen LogP contribution in [0.1, 0.15) is 37.4 Å². The lowest BCUT2D eigenvalue weighted by atomic mass is 9.95. The third kappa shape index (κ3) is 2.89. The van der Waals surface area contributed by atoms with Gasteiger partial charge in [0.15, 0.2) is 0 Å². The van der Waals surface area contributed by atoms with Gasteiger partial charge in [0.2, 0.25) is 0 Å². The third-order valence-electron chi connectivity index (χ3n) is 3.58. The monoisotopic (exact) mass is 263 g/mol. The van der Waals surface area contributed by atoms with Crippen LogP contribution in [0.2, 0.25) is 0 Å². The fourth-order valence-electron chi connectivity index (χ4n) is 2.32. The number of esters is 1. The number of benzene rings is 1. The number of rotatable bonds is 4. The summed E-state index contributed by atoms with van der Waals surface area (Å²) in [5.41, 5.74) is 7.81. The molecular formula is C15H21NO3. The zero-order chi connectivity index (χ0) is 14.0. The minimum absolute atomic E-state index is 0.149. The Bertz CT molecular complexity index is 482. The maximum Gasteiger partial charge on any atom is 0.314 e. The van der Waals surface area contributed by atoms with Crippen molar-refractivity contribution in [2.24, 2.45) is 11.1 Å². The third-order valence-corrected chi connectivity index (χ3v) is 3.58. The van der Waals surface area contributed by atoms with Crippen LogP contribution in [0.15, 0.2) is 18.2 Å². The van der Waals surface area contributed by atoms with Crippen LogP contribution in [0, 0.1) is 5.41 Å². The Kier molecular flexibility index (Phi) is 3.80. The molecule has 1 aromatic rings. The molecule has 104 valence electrons. The first-order valence-electron chi connectivity index (χ1n) is 6.53. The average Bonchev–Trinajstić information content (AvgIpc) is 2.77. The maximum absolute atomic E-state index is 11.6. The van der Waals surface area contributed by atoms with E-state index in [0.29, 0.717) is 6.61 Å². The molecule has 0 bridgehead atoms. The van der Waals surface area contributed by atoms with E-state index < -0.39 is 5.41 Å². The summed E-state index contributed by atoms with van der Waals surface area (Å²) in [4.78, 5) is 11.6. The Balaban J connectivity index is 2.03. The Labute approximate surface area is 113 Å². The van der Waals surface area contributed by atoms with E-state index in [1.54, 1.807) is 0 Å². The molecule has 19 heavy (non-hydrogen) atoms. The fourth-order valence-corrected chi connectivity index (χ4v) is 2.32. The number of ether oxygens (including phenoxy) is 2. The molecule has 1 aliphatic rings. The molecular weight excluding hydrogens is 242 g/mol. The molecule has 0 amide bonds. The molecule has 0 saturated heterocycles. The number of nitrogens with two attached hydrogens (primary N) is 1. The molecule has 0 aromatic heterocycles. The first-order valence-corrected chi connectivity index (χ1v) is 6.53. The summed E-state index contributed by atoms with van der Waals surface area (Å²) in [6.07, 6.45) is 1.99. The Hall–Kier alpha value is -1.55. The first-order chi connectivity index (χ1) is 8.94. The molecule has 0 spiro atoms. The van der Waals surface area contributed by atoms with Gasteiger partial charge in [-0.3, -0.25) is 4.79 Å². The first kappa shape index (κ1) is 13.9. The molecule has 0 saturated carbocycles. The van der Waals surface area contributed by atoms with Gasteiger partial charge in [-0.2, -0.15) is 0 Å². The number of carbonyl (C=O) groups is 1. The van der Waals surface area contributed by atoms with Crippen molar-refractivity contribution in [1.29, 1.82) is 0 Å². The van der Waals surface area contributed by atoms with E-state index in [4.69, 9.17) is 15.2 Å². The SMILES string of the molecule is COC(=O)C(C)(C)COc1ccc2c(c1)CC[C@H]2N. The smallest absolute Gasteiger partial charge is 0.314 e. The van der Waals surface area contributed by atoms with Gasteiger partial charge in [-0.1, -0.05) is 6.07 Å². The maximum atomic E-state index is 11.6. The van der Waals surface area contributed by atoms with Gasteiger partial charge < -0.3 is 15.2 Å². The summed E-state index contributed by atoms with van der Waals surface area (Å²) in [5, 5.41) is 0. The van der Waals surface area contributed by atoms with Crippen LogP contribution in [0.5, 0.6) is 5.75 Å². The number of hydrogen-bond donors (Lipinski definition) is 1. The van der Waals surface area contributed by atoms with E-state index >= 15 is 0 Å². The highest BCUT2D eigenvalue weighted by molar-refractivity contribution is 5.75. The highest BCUT2D eigenvalue weighted by atomic mass is 16.5. The minimum Gasteiger partial charge on any atom is -0.492 e. The number of aryl methyl sites for hydroxylation is 1. The van der Waals surface area contributed by atoms with Crippen LogP contribution >= 0.6 is 0 Å². The lowest BCUT2D eigenvalue weighted by Gasteiger charge is -2.21. The van der Waals surface area contributed by atoms with Crippen molar-refractivity contribution < 1.29 is 14.3 Å². The number of carbonyl (C=O) groups excluding carboxylic acids is 1. The van der Waals surface area contributed by atoms with Crippen molar-refractivity contribution in [1.82, 2.24) is 0 Å². The quantitative estimate of drug-likeness (QED) is 0.846. The minimum atomic E-state index is -0.649. The van der Waals surface area contributed by atoms with Crippen LogP contribution < -0.4 is 10.5 Å². The van der Waals surface area contributed by atoms with Gasteiger partial charge in [-0.25, -0.2) is 0 Å². The average molecular weight is 263 g/mol. The van der Waals surface area contributed by atoms with Gasteiger partial charge in [0.25, 0.3) is 0 Å². The number of methoxy groups -OCH3 is 1. The predicted molar refractivity (Wildman–Crippen MR) is 73.0 cm³/mol. The van der Waals surface area contributed by atoms with Crippen molar-refractivity contribution in [3.8, 4) is 5.75 Å². The molecule has 4 nitrogen and oxygen atoms in total. The lowest BCUT2D eigenvalue weighted by Crippen LogP contribution is -2.32. The summed E-state index contributed by atoms with van der Waals surface area (Å²) in [6, 6.07) is 6.11. The Morgan fingerprint density at radius 3 is 2.89 bits per heavy atom. The Morgan fingerprint density at radius 1 is 1.47 bits per heavy atom. The zero-order valence-corrected chi connectivity index (χ0v) is 11.7. The second kappa shape index (κ2) is 5.21. The van der Waals surface area contributed by atoms with Crippen LogP contribution in [-0.4, -0.2) is 19.7 Å². The Morgan fingerprint density at radius 2 is 2.21 bits per heavy atom. The number of hydrogen-bond acceptors (Lipinski definition) is 4. The summed E-state index contributed by atoms with van der Waals surface area (Å²) >= 11 is 0. The van der Waals surface area contributed by atoms with Crippen LogP contribution in [0.4, 0.5) is 0 Å².